The van der Waals surface area contributed by atoms with E-state index in [0.29, 0.717) is 18.1 Å². The zero-order chi connectivity index (χ0) is 15.0. The smallest absolute Gasteiger partial charge is 0.270 e. The molecule has 1 aliphatic heterocycles. The lowest BCUT2D eigenvalue weighted by atomic mass is 9.87. The zero-order valence-electron chi connectivity index (χ0n) is 11.8. The van der Waals surface area contributed by atoms with Crippen LogP contribution in [-0.4, -0.2) is 16.8 Å². The number of carbonyl (C=O) groups is 2. The van der Waals surface area contributed by atoms with Crippen molar-refractivity contribution in [3.8, 4) is 0 Å². The Labute approximate surface area is 121 Å². The van der Waals surface area contributed by atoms with Gasteiger partial charge < -0.3 is 15.1 Å². The molecule has 0 bridgehead atoms. The minimum absolute atomic E-state index is 0.113. The summed E-state index contributed by atoms with van der Waals surface area (Å²) in [6.45, 7) is 3.95. The number of hydrogen-bond donors (Lipinski definition) is 2. The van der Waals surface area contributed by atoms with Crippen LogP contribution in [0.25, 0.3) is 0 Å². The van der Waals surface area contributed by atoms with Crippen LogP contribution in [0.2, 0.25) is 0 Å². The van der Waals surface area contributed by atoms with Gasteiger partial charge in [-0.3, -0.25) is 9.59 Å². The second kappa shape index (κ2) is 4.73. The molecule has 21 heavy (non-hydrogen) atoms. The Morgan fingerprint density at radius 2 is 2.19 bits per heavy atom. The fraction of sp³-hybridized carbons (Fsp3) is 0.267. The highest BCUT2D eigenvalue weighted by Gasteiger charge is 2.39. The highest BCUT2D eigenvalue weighted by Crippen LogP contribution is 2.35. The van der Waals surface area contributed by atoms with Gasteiger partial charge in [0.15, 0.2) is 0 Å². The minimum atomic E-state index is -0.620. The van der Waals surface area contributed by atoms with Gasteiger partial charge in [0.25, 0.3) is 5.91 Å². The summed E-state index contributed by atoms with van der Waals surface area (Å²) in [6, 6.07) is 6.92. The van der Waals surface area contributed by atoms with Gasteiger partial charge in [-0.2, -0.15) is 0 Å². The van der Waals surface area contributed by atoms with Crippen LogP contribution in [0.3, 0.4) is 0 Å². The molecule has 0 unspecified atom stereocenters. The van der Waals surface area contributed by atoms with Gasteiger partial charge in [-0.25, -0.2) is 4.98 Å². The quantitative estimate of drug-likeness (QED) is 0.901. The van der Waals surface area contributed by atoms with E-state index >= 15 is 0 Å². The van der Waals surface area contributed by atoms with Crippen LogP contribution in [0.1, 0.15) is 35.7 Å². The molecular weight excluding hydrogens is 270 g/mol. The normalized spacial score (nSPS) is 15.4. The maximum absolute atomic E-state index is 12.1. The molecule has 6 heteroatoms. The molecule has 2 aromatic rings. The second-order valence-corrected chi connectivity index (χ2v) is 5.43. The van der Waals surface area contributed by atoms with Crippen molar-refractivity contribution in [1.29, 1.82) is 0 Å². The van der Waals surface area contributed by atoms with E-state index in [1.165, 1.54) is 0 Å². The zero-order valence-corrected chi connectivity index (χ0v) is 11.8. The Balaban J connectivity index is 1.77. The monoisotopic (exact) mass is 285 g/mol. The van der Waals surface area contributed by atoms with Crippen LogP contribution in [0.15, 0.2) is 34.9 Å². The number of amides is 2. The Bertz CT molecular complexity index is 705. The summed E-state index contributed by atoms with van der Waals surface area (Å²) in [5, 5.41) is 5.42. The van der Waals surface area contributed by atoms with E-state index in [-0.39, 0.29) is 17.5 Å². The van der Waals surface area contributed by atoms with Crippen LogP contribution in [-0.2, 0) is 16.8 Å². The molecule has 2 amide bonds. The van der Waals surface area contributed by atoms with Gasteiger partial charge >= 0.3 is 0 Å². The highest BCUT2D eigenvalue weighted by atomic mass is 16.3. The average molecular weight is 285 g/mol. The van der Waals surface area contributed by atoms with Crippen LogP contribution >= 0.6 is 0 Å². The number of carbonyl (C=O) groups excluding carboxylic acids is 2. The average Bonchev–Trinajstić information content (AvgIpc) is 3.04. The molecule has 0 atom stereocenters. The van der Waals surface area contributed by atoms with Crippen molar-refractivity contribution < 1.29 is 14.0 Å². The fourth-order valence-corrected chi connectivity index (χ4v) is 2.24. The predicted molar refractivity (Wildman–Crippen MR) is 75.8 cm³/mol. The third kappa shape index (κ3) is 2.29. The number of pyridine rings is 1. The van der Waals surface area contributed by atoms with Crippen molar-refractivity contribution in [2.45, 2.75) is 25.8 Å². The molecule has 0 spiro atoms. The molecule has 0 aromatic carbocycles. The molecule has 3 heterocycles. The molecule has 6 nitrogen and oxygen atoms in total. The number of fused-ring (bicyclic) bond motifs is 1. The molecule has 1 aliphatic rings. The van der Waals surface area contributed by atoms with E-state index in [2.05, 4.69) is 15.6 Å². The number of rotatable bonds is 3. The maximum atomic E-state index is 12.1. The Morgan fingerprint density at radius 3 is 2.90 bits per heavy atom. The number of furan rings is 1. The third-order valence-electron chi connectivity index (χ3n) is 3.60. The molecule has 2 N–H and O–H groups in total. The first-order valence-electron chi connectivity index (χ1n) is 6.62. The van der Waals surface area contributed by atoms with Crippen molar-refractivity contribution in [2.24, 2.45) is 0 Å². The lowest BCUT2D eigenvalue weighted by Crippen LogP contribution is -2.26. The van der Waals surface area contributed by atoms with E-state index < -0.39 is 5.41 Å². The van der Waals surface area contributed by atoms with Crippen LogP contribution in [0.5, 0.6) is 0 Å². The van der Waals surface area contributed by atoms with Gasteiger partial charge in [0.2, 0.25) is 5.91 Å². The van der Waals surface area contributed by atoms with Gasteiger partial charge in [-0.1, -0.05) is 6.07 Å². The molecule has 0 saturated carbocycles. The molecule has 0 radical (unpaired) electrons. The minimum Gasteiger partial charge on any atom is -0.467 e. The Hall–Kier alpha value is -2.63. The SMILES string of the molecule is CC1(C)C(=O)Nc2nc(C(=O)NCc3ccco3)ccc21. The Morgan fingerprint density at radius 1 is 1.38 bits per heavy atom. The first-order valence-corrected chi connectivity index (χ1v) is 6.62. The standard InChI is InChI=1S/C15H15N3O3/c1-15(2)10-5-6-11(17-12(10)18-14(15)20)13(19)16-8-9-4-3-7-21-9/h3-7H,8H2,1-2H3,(H,16,19)(H,17,18,20). The molecule has 108 valence electrons. The van der Waals surface area contributed by atoms with Crippen molar-refractivity contribution in [1.82, 2.24) is 10.3 Å². The number of hydrogen-bond acceptors (Lipinski definition) is 4. The van der Waals surface area contributed by atoms with E-state index in [9.17, 15) is 9.59 Å². The number of nitrogens with zero attached hydrogens (tertiary/aromatic N) is 1. The van der Waals surface area contributed by atoms with Crippen molar-refractivity contribution in [3.05, 3.63) is 47.5 Å². The van der Waals surface area contributed by atoms with Crippen LogP contribution in [0.4, 0.5) is 5.82 Å². The molecular formula is C15H15N3O3. The maximum Gasteiger partial charge on any atom is 0.270 e. The molecule has 0 saturated heterocycles. The third-order valence-corrected chi connectivity index (χ3v) is 3.60. The van der Waals surface area contributed by atoms with Gasteiger partial charge in [0.1, 0.15) is 17.3 Å². The lowest BCUT2D eigenvalue weighted by molar-refractivity contribution is -0.119. The number of nitrogens with one attached hydrogen (secondary N) is 2. The van der Waals surface area contributed by atoms with E-state index in [4.69, 9.17) is 4.42 Å². The van der Waals surface area contributed by atoms with Crippen molar-refractivity contribution in [3.63, 3.8) is 0 Å². The van der Waals surface area contributed by atoms with Crippen LogP contribution < -0.4 is 10.6 Å². The van der Waals surface area contributed by atoms with E-state index in [0.717, 1.165) is 5.56 Å². The first kappa shape index (κ1) is 13.4. The first-order chi connectivity index (χ1) is 9.98. The topological polar surface area (TPSA) is 84.2 Å². The molecule has 0 aliphatic carbocycles. The van der Waals surface area contributed by atoms with Gasteiger partial charge in [-0.15, -0.1) is 0 Å². The summed E-state index contributed by atoms with van der Waals surface area (Å²) in [5.41, 5.74) is 0.444. The molecule has 2 aromatic heterocycles. The number of anilines is 1. The summed E-state index contributed by atoms with van der Waals surface area (Å²) in [6.07, 6.45) is 1.55. The van der Waals surface area contributed by atoms with E-state index in [1.807, 2.05) is 13.8 Å². The second-order valence-electron chi connectivity index (χ2n) is 5.43. The summed E-state index contributed by atoms with van der Waals surface area (Å²) in [7, 11) is 0. The summed E-state index contributed by atoms with van der Waals surface area (Å²) >= 11 is 0. The van der Waals surface area contributed by atoms with Gasteiger partial charge in [0.05, 0.1) is 18.2 Å². The fourth-order valence-electron chi connectivity index (χ4n) is 2.24. The van der Waals surface area contributed by atoms with Crippen molar-refractivity contribution >= 4 is 17.6 Å². The van der Waals surface area contributed by atoms with Gasteiger partial charge in [0, 0.05) is 5.56 Å². The predicted octanol–water partition coefficient (Wildman–Crippen LogP) is 1.83. The molecule has 3 rings (SSSR count). The van der Waals surface area contributed by atoms with Crippen molar-refractivity contribution in [2.75, 3.05) is 5.32 Å². The lowest BCUT2D eigenvalue weighted by Gasteiger charge is -2.14. The summed E-state index contributed by atoms with van der Waals surface area (Å²) in [5.74, 6) is 0.695. The van der Waals surface area contributed by atoms with E-state index in [1.54, 1.807) is 30.5 Å². The molecule has 0 fully saturated rings. The summed E-state index contributed by atoms with van der Waals surface area (Å²) < 4.78 is 5.14. The highest BCUT2D eigenvalue weighted by molar-refractivity contribution is 6.05. The van der Waals surface area contributed by atoms with Gasteiger partial charge in [-0.05, 0) is 32.0 Å². The Kier molecular flexibility index (Phi) is 3.01. The van der Waals surface area contributed by atoms with Crippen LogP contribution in [0, 0.1) is 0 Å². The number of aromatic nitrogens is 1. The summed E-state index contributed by atoms with van der Waals surface area (Å²) in [4.78, 5) is 28.1. The largest absolute Gasteiger partial charge is 0.467 e.